The zero-order valence-corrected chi connectivity index (χ0v) is 18.3. The van der Waals surface area contributed by atoms with E-state index in [9.17, 15) is 14.0 Å². The van der Waals surface area contributed by atoms with Crippen molar-refractivity contribution >= 4 is 34.4 Å². The van der Waals surface area contributed by atoms with Gasteiger partial charge in [0.05, 0.1) is 23.2 Å². The lowest BCUT2D eigenvalue weighted by Crippen LogP contribution is -2.18. The highest BCUT2D eigenvalue weighted by molar-refractivity contribution is 7.08. The Morgan fingerprint density at radius 3 is 2.69 bits per heavy atom. The summed E-state index contributed by atoms with van der Waals surface area (Å²) in [4.78, 5) is 28.3. The Morgan fingerprint density at radius 1 is 1.19 bits per heavy atom. The van der Waals surface area contributed by atoms with Crippen LogP contribution in [-0.4, -0.2) is 31.6 Å². The number of carbonyl (C=O) groups is 2. The molecule has 0 unspecified atom stereocenters. The van der Waals surface area contributed by atoms with Gasteiger partial charge in [-0.25, -0.2) is 13.9 Å². The van der Waals surface area contributed by atoms with Crippen LogP contribution in [0.4, 0.5) is 10.1 Å². The van der Waals surface area contributed by atoms with Gasteiger partial charge in [0.2, 0.25) is 0 Å². The van der Waals surface area contributed by atoms with Gasteiger partial charge in [-0.05, 0) is 29.1 Å². The van der Waals surface area contributed by atoms with Crippen LogP contribution in [0, 0.1) is 5.82 Å². The second-order valence-corrected chi connectivity index (χ2v) is 7.18. The van der Waals surface area contributed by atoms with Crippen molar-refractivity contribution < 1.29 is 19.1 Å². The van der Waals surface area contributed by atoms with Crippen LogP contribution in [0.3, 0.4) is 0 Å². The summed E-state index contributed by atoms with van der Waals surface area (Å²) in [5.74, 6) is -2.06. The lowest BCUT2D eigenvalue weighted by molar-refractivity contribution is -0.136. The van der Waals surface area contributed by atoms with Gasteiger partial charge in [-0.3, -0.25) is 9.59 Å². The fraction of sp³-hybridized carbons (Fsp3) is 0.182. The number of carbonyl (C=O) groups excluding carboxylic acids is 1. The first-order valence-electron chi connectivity index (χ1n) is 9.89. The lowest BCUT2D eigenvalue weighted by Gasteiger charge is -2.10. The number of carboxylic acids is 1. The number of halogens is 1. The first-order valence-corrected chi connectivity index (χ1v) is 10.8. The summed E-state index contributed by atoms with van der Waals surface area (Å²) in [6.45, 7) is 4.02. The van der Waals surface area contributed by atoms with Crippen LogP contribution in [0.2, 0.25) is 0 Å². The molecule has 0 aliphatic heterocycles. The predicted molar refractivity (Wildman–Crippen MR) is 121 cm³/mol. The van der Waals surface area contributed by atoms with Gasteiger partial charge in [-0.15, -0.1) is 16.4 Å². The van der Waals surface area contributed by atoms with Gasteiger partial charge in [-0.1, -0.05) is 26.0 Å². The zero-order chi connectivity index (χ0) is 23.3. The molecule has 1 amide bonds. The number of thiophene rings is 1. The number of hydrogen-bond donors (Lipinski definition) is 3. The number of hydrogen-bond acceptors (Lipinski definition) is 6. The number of nitrogens with zero attached hydrogens (tertiary/aromatic N) is 3. The molecule has 0 aliphatic carbocycles. The van der Waals surface area contributed by atoms with E-state index in [2.05, 4.69) is 15.4 Å². The second-order valence-electron chi connectivity index (χ2n) is 6.44. The number of carboxylic acid groups (broad SMARTS) is 1. The van der Waals surface area contributed by atoms with Crippen LogP contribution in [0.15, 0.2) is 47.3 Å². The molecule has 8 nitrogen and oxygen atoms in total. The number of aliphatic carboxylic acids is 1. The Kier molecular flexibility index (Phi) is 7.29. The summed E-state index contributed by atoms with van der Waals surface area (Å²) >= 11 is 1.28. The van der Waals surface area contributed by atoms with E-state index in [1.54, 1.807) is 41.2 Å². The van der Waals surface area contributed by atoms with Crippen LogP contribution >= 0.6 is 11.3 Å². The molecule has 0 atom stereocenters. The normalized spacial score (nSPS) is 10.5. The van der Waals surface area contributed by atoms with E-state index in [1.165, 1.54) is 21.9 Å². The van der Waals surface area contributed by atoms with E-state index >= 15 is 0 Å². The maximum Gasteiger partial charge on any atom is 0.307 e. The molecule has 166 valence electrons. The molecule has 10 heteroatoms. The number of nitrogens with two attached hydrogens (primary N) is 1. The summed E-state index contributed by atoms with van der Waals surface area (Å²) in [6.07, 6.45) is 1.41. The summed E-state index contributed by atoms with van der Waals surface area (Å²) in [5.41, 5.74) is 7.38. The van der Waals surface area contributed by atoms with Crippen LogP contribution in [-0.2, 0) is 17.8 Å². The van der Waals surface area contributed by atoms with Crippen molar-refractivity contribution in [3.8, 4) is 11.4 Å². The van der Waals surface area contributed by atoms with Gasteiger partial charge in [0, 0.05) is 23.7 Å². The quantitative estimate of drug-likeness (QED) is 0.404. The smallest absolute Gasteiger partial charge is 0.307 e. The Labute approximate surface area is 187 Å². The topological polar surface area (TPSA) is 123 Å². The first-order chi connectivity index (χ1) is 15.5. The van der Waals surface area contributed by atoms with Crippen LogP contribution in [0.25, 0.3) is 16.9 Å². The minimum atomic E-state index is -1.00. The van der Waals surface area contributed by atoms with Gasteiger partial charge in [-0.2, -0.15) is 0 Å². The maximum absolute atomic E-state index is 14.8. The molecule has 0 radical (unpaired) electrons. The molecule has 0 saturated carbocycles. The highest BCUT2D eigenvalue weighted by Gasteiger charge is 2.20. The van der Waals surface area contributed by atoms with E-state index in [-0.39, 0.29) is 30.0 Å². The molecule has 3 heterocycles. The second kappa shape index (κ2) is 10.1. The van der Waals surface area contributed by atoms with Gasteiger partial charge in [0.1, 0.15) is 5.82 Å². The monoisotopic (exact) mass is 455 g/mol. The molecule has 1 aromatic carbocycles. The van der Waals surface area contributed by atoms with Crippen molar-refractivity contribution in [1.82, 2.24) is 14.6 Å². The van der Waals surface area contributed by atoms with Gasteiger partial charge in [0.15, 0.2) is 11.5 Å². The minimum Gasteiger partial charge on any atom is -0.481 e. The Bertz CT molecular complexity index is 1270. The standard InChI is InChI=1S/C20H16FN5O3S.C2H6/c21-17-11(8-22)3-1-4-13(17)19-24-18(15-5-2-6-26(15)25-19)20(29)23-14-10-30-9-12(14)7-16(27)28;1-2/h1-6,9-10H,7-8,22H2,(H,23,29)(H,27,28);1-2H3. The minimum absolute atomic E-state index is 0.0172. The summed E-state index contributed by atoms with van der Waals surface area (Å²) < 4.78 is 16.2. The van der Waals surface area contributed by atoms with Gasteiger partial charge in [0.25, 0.3) is 5.91 Å². The van der Waals surface area contributed by atoms with Crippen molar-refractivity contribution in [3.63, 3.8) is 0 Å². The molecule has 4 rings (SSSR count). The summed E-state index contributed by atoms with van der Waals surface area (Å²) in [7, 11) is 0. The van der Waals surface area contributed by atoms with Crippen molar-refractivity contribution in [1.29, 1.82) is 0 Å². The molecule has 4 aromatic rings. The number of rotatable bonds is 6. The van der Waals surface area contributed by atoms with Crippen molar-refractivity contribution in [3.05, 3.63) is 69.9 Å². The van der Waals surface area contributed by atoms with Crippen LogP contribution in [0.1, 0.15) is 35.5 Å². The average molecular weight is 456 g/mol. The van der Waals surface area contributed by atoms with Crippen LogP contribution in [0.5, 0.6) is 0 Å². The van der Waals surface area contributed by atoms with Gasteiger partial charge < -0.3 is 16.2 Å². The number of anilines is 1. The van der Waals surface area contributed by atoms with Crippen molar-refractivity contribution in [2.45, 2.75) is 26.8 Å². The fourth-order valence-corrected chi connectivity index (χ4v) is 3.83. The summed E-state index contributed by atoms with van der Waals surface area (Å²) in [6, 6.07) is 8.09. The first kappa shape index (κ1) is 23.0. The van der Waals surface area contributed by atoms with Crippen molar-refractivity contribution in [2.75, 3.05) is 5.32 Å². The third kappa shape index (κ3) is 4.66. The molecular formula is C22H22FN5O3S. The third-order valence-electron chi connectivity index (χ3n) is 4.48. The maximum atomic E-state index is 14.8. The number of benzene rings is 1. The largest absolute Gasteiger partial charge is 0.481 e. The van der Waals surface area contributed by atoms with E-state index in [1.807, 2.05) is 13.8 Å². The molecule has 32 heavy (non-hydrogen) atoms. The molecule has 0 aliphatic rings. The molecule has 4 N–H and O–H groups in total. The molecule has 0 fully saturated rings. The molecule has 0 bridgehead atoms. The number of aromatic nitrogens is 3. The molecule has 0 saturated heterocycles. The molecule has 0 spiro atoms. The third-order valence-corrected chi connectivity index (χ3v) is 5.27. The number of nitrogens with one attached hydrogen (secondary N) is 1. The number of amides is 1. The molecular weight excluding hydrogens is 433 g/mol. The lowest BCUT2D eigenvalue weighted by atomic mass is 10.1. The number of fused-ring (bicyclic) bond motifs is 1. The zero-order valence-electron chi connectivity index (χ0n) is 17.5. The Morgan fingerprint density at radius 2 is 1.97 bits per heavy atom. The predicted octanol–water partition coefficient (Wildman–Crippen LogP) is 3.96. The van der Waals surface area contributed by atoms with Crippen LogP contribution < -0.4 is 11.1 Å². The van der Waals surface area contributed by atoms with E-state index in [4.69, 9.17) is 10.8 Å². The Balaban J connectivity index is 0.00000141. The highest BCUT2D eigenvalue weighted by atomic mass is 32.1. The van der Waals surface area contributed by atoms with Gasteiger partial charge >= 0.3 is 5.97 Å². The van der Waals surface area contributed by atoms with E-state index in [0.717, 1.165) is 0 Å². The average Bonchev–Trinajstić information content (AvgIpc) is 3.43. The highest BCUT2D eigenvalue weighted by Crippen LogP contribution is 2.25. The van der Waals surface area contributed by atoms with Crippen molar-refractivity contribution in [2.24, 2.45) is 5.73 Å². The van der Waals surface area contributed by atoms with E-state index < -0.39 is 17.7 Å². The van der Waals surface area contributed by atoms with E-state index in [0.29, 0.717) is 22.3 Å². The SMILES string of the molecule is CC.NCc1cccc(-c2nc(C(=O)Nc3cscc3CC(=O)O)c3cccn3n2)c1F. The summed E-state index contributed by atoms with van der Waals surface area (Å²) in [5, 5.41) is 19.4. The molecule has 3 aromatic heterocycles. The Hall–Kier alpha value is -3.63. The fourth-order valence-electron chi connectivity index (χ4n) is 3.04.